The molecule has 1 rings (SSSR count). The highest BCUT2D eigenvalue weighted by Gasteiger charge is 2.15. The van der Waals surface area contributed by atoms with Gasteiger partial charge in [-0.2, -0.15) is 0 Å². The van der Waals surface area contributed by atoms with Crippen LogP contribution in [0.25, 0.3) is 0 Å². The highest BCUT2D eigenvalue weighted by molar-refractivity contribution is 6.34. The van der Waals surface area contributed by atoms with Gasteiger partial charge in [0, 0.05) is 11.6 Å². The van der Waals surface area contributed by atoms with Crippen molar-refractivity contribution in [1.29, 1.82) is 0 Å². The number of esters is 1. The van der Waals surface area contributed by atoms with Gasteiger partial charge in [-0.15, -0.1) is 0 Å². The lowest BCUT2D eigenvalue weighted by Gasteiger charge is -2.11. The molecule has 0 fully saturated rings. The summed E-state index contributed by atoms with van der Waals surface area (Å²) in [6.45, 7) is 3.47. The van der Waals surface area contributed by atoms with Gasteiger partial charge in [0.2, 0.25) is 0 Å². The summed E-state index contributed by atoms with van der Waals surface area (Å²) in [5.74, 6) is -0.887. The summed E-state index contributed by atoms with van der Waals surface area (Å²) in [5, 5.41) is 11.6. The molecule has 0 saturated heterocycles. The van der Waals surface area contributed by atoms with Gasteiger partial charge in [-0.1, -0.05) is 11.6 Å². The zero-order valence-electron chi connectivity index (χ0n) is 10.8. The summed E-state index contributed by atoms with van der Waals surface area (Å²) in [6.07, 6.45) is 0. The maximum atomic E-state index is 11.8. The Morgan fingerprint density at radius 3 is 2.68 bits per heavy atom. The summed E-state index contributed by atoms with van der Waals surface area (Å²) in [7, 11) is 0. The van der Waals surface area contributed by atoms with Crippen LogP contribution in [0, 0.1) is 0 Å². The zero-order chi connectivity index (χ0) is 14.4. The number of carbonyl (C=O) groups excluding carboxylic acids is 2. The van der Waals surface area contributed by atoms with E-state index in [9.17, 15) is 9.59 Å². The highest BCUT2D eigenvalue weighted by Crippen LogP contribution is 2.19. The molecule has 5 nitrogen and oxygen atoms in total. The third-order valence-electron chi connectivity index (χ3n) is 2.38. The SMILES string of the molecule is CCOC(=O)c1ccc(C(=O)NC(C)CO)cc1Cl. The second-order valence-corrected chi connectivity index (χ2v) is 4.38. The lowest BCUT2D eigenvalue weighted by Crippen LogP contribution is -2.35. The minimum atomic E-state index is -0.525. The number of carbonyl (C=O) groups is 2. The van der Waals surface area contributed by atoms with E-state index in [1.165, 1.54) is 18.2 Å². The van der Waals surface area contributed by atoms with E-state index in [-0.39, 0.29) is 35.7 Å². The van der Waals surface area contributed by atoms with Crippen LogP contribution in [-0.4, -0.2) is 36.2 Å². The van der Waals surface area contributed by atoms with Gasteiger partial charge < -0.3 is 15.2 Å². The minimum Gasteiger partial charge on any atom is -0.462 e. The van der Waals surface area contributed by atoms with E-state index in [0.717, 1.165) is 0 Å². The molecule has 0 aromatic heterocycles. The van der Waals surface area contributed by atoms with E-state index >= 15 is 0 Å². The van der Waals surface area contributed by atoms with Crippen LogP contribution in [0.4, 0.5) is 0 Å². The molecule has 6 heteroatoms. The molecule has 0 aliphatic heterocycles. The van der Waals surface area contributed by atoms with E-state index < -0.39 is 5.97 Å². The number of rotatable bonds is 5. The van der Waals surface area contributed by atoms with Gasteiger partial charge in [0.05, 0.1) is 23.8 Å². The monoisotopic (exact) mass is 285 g/mol. The molecule has 0 radical (unpaired) electrons. The quantitative estimate of drug-likeness (QED) is 0.806. The Labute approximate surface area is 116 Å². The van der Waals surface area contributed by atoms with Crippen LogP contribution in [0.5, 0.6) is 0 Å². The number of nitrogens with one attached hydrogen (secondary N) is 1. The average Bonchev–Trinajstić information content (AvgIpc) is 2.38. The highest BCUT2D eigenvalue weighted by atomic mass is 35.5. The Morgan fingerprint density at radius 2 is 2.16 bits per heavy atom. The lowest BCUT2D eigenvalue weighted by molar-refractivity contribution is 0.0526. The van der Waals surface area contributed by atoms with Crippen LogP contribution >= 0.6 is 11.6 Å². The third kappa shape index (κ3) is 4.22. The molecular weight excluding hydrogens is 270 g/mol. The van der Waals surface area contributed by atoms with Crippen LogP contribution in [0.1, 0.15) is 34.6 Å². The first-order valence-corrected chi connectivity index (χ1v) is 6.25. The second kappa shape index (κ2) is 7.11. The van der Waals surface area contributed by atoms with Gasteiger partial charge in [-0.25, -0.2) is 4.79 Å². The number of hydrogen-bond donors (Lipinski definition) is 2. The van der Waals surface area contributed by atoms with Crippen molar-refractivity contribution in [3.8, 4) is 0 Å². The Hall–Kier alpha value is -1.59. The summed E-state index contributed by atoms with van der Waals surface area (Å²) in [6, 6.07) is 3.97. The van der Waals surface area contributed by atoms with E-state index in [4.69, 9.17) is 21.4 Å². The first-order valence-electron chi connectivity index (χ1n) is 5.88. The normalized spacial score (nSPS) is 11.8. The van der Waals surface area contributed by atoms with Gasteiger partial charge in [0.25, 0.3) is 5.91 Å². The molecule has 0 aliphatic rings. The zero-order valence-corrected chi connectivity index (χ0v) is 11.5. The molecule has 1 unspecified atom stereocenters. The predicted octanol–water partition coefficient (Wildman–Crippen LogP) is 1.63. The van der Waals surface area contributed by atoms with Gasteiger partial charge >= 0.3 is 5.97 Å². The van der Waals surface area contributed by atoms with Gasteiger partial charge in [0.1, 0.15) is 0 Å². The number of aliphatic hydroxyl groups is 1. The topological polar surface area (TPSA) is 75.6 Å². The van der Waals surface area contributed by atoms with Crippen molar-refractivity contribution >= 4 is 23.5 Å². The molecule has 0 heterocycles. The van der Waals surface area contributed by atoms with Crippen molar-refractivity contribution in [2.75, 3.05) is 13.2 Å². The standard InChI is InChI=1S/C13H16ClNO4/c1-3-19-13(18)10-5-4-9(6-11(10)14)12(17)15-8(2)7-16/h4-6,8,16H,3,7H2,1-2H3,(H,15,17). The summed E-state index contributed by atoms with van der Waals surface area (Å²) in [5.41, 5.74) is 0.536. The molecule has 0 spiro atoms. The number of hydrogen-bond acceptors (Lipinski definition) is 4. The maximum absolute atomic E-state index is 11.8. The van der Waals surface area contributed by atoms with Gasteiger partial charge in [-0.05, 0) is 32.0 Å². The van der Waals surface area contributed by atoms with E-state index in [0.29, 0.717) is 5.56 Å². The van der Waals surface area contributed by atoms with Gasteiger partial charge in [-0.3, -0.25) is 4.79 Å². The Bertz CT molecular complexity index is 476. The number of amides is 1. The molecule has 1 aromatic rings. The van der Waals surface area contributed by atoms with Crippen molar-refractivity contribution in [2.45, 2.75) is 19.9 Å². The minimum absolute atomic E-state index is 0.152. The molecule has 0 bridgehead atoms. The van der Waals surface area contributed by atoms with E-state index in [1.807, 2.05) is 0 Å². The fourth-order valence-electron chi connectivity index (χ4n) is 1.38. The van der Waals surface area contributed by atoms with Crippen molar-refractivity contribution in [2.24, 2.45) is 0 Å². The lowest BCUT2D eigenvalue weighted by atomic mass is 10.1. The summed E-state index contributed by atoms with van der Waals surface area (Å²) >= 11 is 5.94. The third-order valence-corrected chi connectivity index (χ3v) is 2.69. The molecule has 104 valence electrons. The van der Waals surface area contributed by atoms with E-state index in [2.05, 4.69) is 5.32 Å². The Balaban J connectivity index is 2.87. The fourth-order valence-corrected chi connectivity index (χ4v) is 1.64. The smallest absolute Gasteiger partial charge is 0.339 e. The average molecular weight is 286 g/mol. The first kappa shape index (κ1) is 15.5. The summed E-state index contributed by atoms with van der Waals surface area (Å²) in [4.78, 5) is 23.3. The van der Waals surface area contributed by atoms with E-state index in [1.54, 1.807) is 13.8 Å². The van der Waals surface area contributed by atoms with Crippen LogP contribution in [0.3, 0.4) is 0 Å². The maximum Gasteiger partial charge on any atom is 0.339 e. The van der Waals surface area contributed by atoms with Crippen molar-refractivity contribution < 1.29 is 19.4 Å². The number of aliphatic hydroxyl groups excluding tert-OH is 1. The van der Waals surface area contributed by atoms with Crippen molar-refractivity contribution in [3.63, 3.8) is 0 Å². The number of ether oxygens (including phenoxy) is 1. The summed E-state index contributed by atoms with van der Waals surface area (Å²) < 4.78 is 4.83. The Morgan fingerprint density at radius 1 is 1.47 bits per heavy atom. The van der Waals surface area contributed by atoms with Crippen LogP contribution in [-0.2, 0) is 4.74 Å². The molecule has 19 heavy (non-hydrogen) atoms. The largest absolute Gasteiger partial charge is 0.462 e. The molecule has 1 aromatic carbocycles. The first-order chi connectivity index (χ1) is 8.99. The molecule has 2 N–H and O–H groups in total. The molecule has 1 atom stereocenters. The van der Waals surface area contributed by atoms with Crippen molar-refractivity contribution in [1.82, 2.24) is 5.32 Å². The van der Waals surface area contributed by atoms with Crippen LogP contribution in [0.15, 0.2) is 18.2 Å². The van der Waals surface area contributed by atoms with Crippen LogP contribution in [0.2, 0.25) is 5.02 Å². The molecule has 0 aliphatic carbocycles. The molecular formula is C13H16ClNO4. The Kier molecular flexibility index (Phi) is 5.79. The molecule has 1 amide bonds. The predicted molar refractivity (Wildman–Crippen MR) is 71.4 cm³/mol. The molecule has 0 saturated carbocycles. The fraction of sp³-hybridized carbons (Fsp3) is 0.385. The van der Waals surface area contributed by atoms with Crippen molar-refractivity contribution in [3.05, 3.63) is 34.3 Å². The van der Waals surface area contributed by atoms with Crippen LogP contribution < -0.4 is 5.32 Å². The number of benzene rings is 1. The number of halogens is 1. The second-order valence-electron chi connectivity index (χ2n) is 3.97. The van der Waals surface area contributed by atoms with Gasteiger partial charge in [0.15, 0.2) is 0 Å².